The molecule has 0 aliphatic heterocycles. The predicted octanol–water partition coefficient (Wildman–Crippen LogP) is 3.41. The monoisotopic (exact) mass is 433 g/mol. The summed E-state index contributed by atoms with van der Waals surface area (Å²) in [7, 11) is -4.24. The van der Waals surface area contributed by atoms with Gasteiger partial charge in [0.05, 0.1) is 28.0 Å². The van der Waals surface area contributed by atoms with E-state index in [2.05, 4.69) is 19.8 Å². The Hall–Kier alpha value is -2.17. The summed E-state index contributed by atoms with van der Waals surface area (Å²) in [5, 5.41) is 3.60. The zero-order valence-electron chi connectivity index (χ0n) is 14.2. The SMILES string of the molecule is CCOc1cc(CF)nc2nc(S(=O)(=O)Nc3c(Cl)ccc(C)c3Cl)nn12. The number of hydrogen-bond acceptors (Lipinski definition) is 6. The number of fused-ring (bicyclic) bond motifs is 1. The first-order chi connectivity index (χ1) is 12.8. The van der Waals surface area contributed by atoms with Crippen LogP contribution in [0.1, 0.15) is 18.2 Å². The Kier molecular flexibility index (Phi) is 5.41. The van der Waals surface area contributed by atoms with Crippen molar-refractivity contribution in [2.75, 3.05) is 11.3 Å². The van der Waals surface area contributed by atoms with Gasteiger partial charge in [0.2, 0.25) is 5.88 Å². The van der Waals surface area contributed by atoms with Crippen molar-refractivity contribution in [3.8, 4) is 5.88 Å². The Morgan fingerprint density at radius 2 is 2.04 bits per heavy atom. The van der Waals surface area contributed by atoms with Crippen LogP contribution >= 0.6 is 23.2 Å². The molecular weight excluding hydrogens is 420 g/mol. The Labute approximate surface area is 164 Å². The van der Waals surface area contributed by atoms with E-state index >= 15 is 0 Å². The number of benzene rings is 1. The Balaban J connectivity index is 2.09. The van der Waals surface area contributed by atoms with Gasteiger partial charge in [0.1, 0.15) is 6.67 Å². The molecule has 27 heavy (non-hydrogen) atoms. The third-order valence-electron chi connectivity index (χ3n) is 3.50. The van der Waals surface area contributed by atoms with Crippen LogP contribution in [-0.2, 0) is 16.7 Å². The van der Waals surface area contributed by atoms with E-state index in [0.29, 0.717) is 5.56 Å². The molecule has 0 fully saturated rings. The van der Waals surface area contributed by atoms with Crippen LogP contribution in [0.25, 0.3) is 5.78 Å². The standard InChI is InChI=1S/C15H14Cl2FN5O3S/c1-3-26-11-6-9(7-18)19-14-20-15(21-23(11)14)27(24,25)22-13-10(16)5-4-8(2)12(13)17/h4-6,22H,3,7H2,1-2H3. The highest BCUT2D eigenvalue weighted by molar-refractivity contribution is 7.92. The largest absolute Gasteiger partial charge is 0.478 e. The topological polar surface area (TPSA) is 98.5 Å². The van der Waals surface area contributed by atoms with Crippen molar-refractivity contribution < 1.29 is 17.5 Å². The van der Waals surface area contributed by atoms with Crippen LogP contribution in [0.2, 0.25) is 10.0 Å². The van der Waals surface area contributed by atoms with E-state index in [1.165, 1.54) is 12.1 Å². The number of rotatable bonds is 6. The summed E-state index contributed by atoms with van der Waals surface area (Å²) < 4.78 is 47.1. The zero-order chi connectivity index (χ0) is 19.8. The Morgan fingerprint density at radius 3 is 2.70 bits per heavy atom. The van der Waals surface area contributed by atoms with Gasteiger partial charge in [0, 0.05) is 6.07 Å². The van der Waals surface area contributed by atoms with E-state index in [-0.39, 0.29) is 39.7 Å². The molecule has 0 aliphatic carbocycles. The van der Waals surface area contributed by atoms with Crippen LogP contribution in [0.5, 0.6) is 5.88 Å². The van der Waals surface area contributed by atoms with E-state index < -0.39 is 21.9 Å². The van der Waals surface area contributed by atoms with Crippen LogP contribution in [-0.4, -0.2) is 34.6 Å². The van der Waals surface area contributed by atoms with E-state index in [9.17, 15) is 12.8 Å². The summed E-state index contributed by atoms with van der Waals surface area (Å²) in [4.78, 5) is 7.79. The minimum Gasteiger partial charge on any atom is -0.478 e. The molecule has 0 saturated heterocycles. The number of sulfonamides is 1. The van der Waals surface area contributed by atoms with Gasteiger partial charge in [-0.25, -0.2) is 9.37 Å². The van der Waals surface area contributed by atoms with Gasteiger partial charge in [-0.1, -0.05) is 29.3 Å². The molecule has 144 valence electrons. The zero-order valence-corrected chi connectivity index (χ0v) is 16.5. The summed E-state index contributed by atoms with van der Waals surface area (Å²) in [6.45, 7) is 2.83. The number of aryl methyl sites for hydroxylation is 1. The summed E-state index contributed by atoms with van der Waals surface area (Å²) in [6, 6.07) is 4.49. The van der Waals surface area contributed by atoms with Crippen molar-refractivity contribution in [2.24, 2.45) is 0 Å². The summed E-state index contributed by atoms with van der Waals surface area (Å²) in [5.74, 6) is 0.00568. The number of anilines is 1. The van der Waals surface area contributed by atoms with Crippen molar-refractivity contribution in [3.63, 3.8) is 0 Å². The maximum atomic E-state index is 13.0. The van der Waals surface area contributed by atoms with Crippen molar-refractivity contribution in [1.29, 1.82) is 0 Å². The first-order valence-electron chi connectivity index (χ1n) is 7.69. The number of hydrogen-bond donors (Lipinski definition) is 1. The number of alkyl halides is 1. The highest BCUT2D eigenvalue weighted by Crippen LogP contribution is 2.34. The molecule has 0 saturated carbocycles. The quantitative estimate of drug-likeness (QED) is 0.639. The predicted molar refractivity (Wildman–Crippen MR) is 98.8 cm³/mol. The van der Waals surface area contributed by atoms with Crippen LogP contribution in [0.15, 0.2) is 23.4 Å². The van der Waals surface area contributed by atoms with Crippen LogP contribution in [0.3, 0.4) is 0 Å². The summed E-state index contributed by atoms with van der Waals surface area (Å²) >= 11 is 12.2. The average molecular weight is 434 g/mol. The number of ether oxygens (including phenoxy) is 1. The van der Waals surface area contributed by atoms with Crippen molar-refractivity contribution in [2.45, 2.75) is 25.7 Å². The molecule has 12 heteroatoms. The molecule has 0 spiro atoms. The second-order valence-corrected chi connectivity index (χ2v) is 7.78. The molecule has 0 atom stereocenters. The van der Waals surface area contributed by atoms with Gasteiger partial charge in [0.15, 0.2) is 0 Å². The normalized spacial score (nSPS) is 11.7. The van der Waals surface area contributed by atoms with Crippen molar-refractivity contribution in [3.05, 3.63) is 39.5 Å². The van der Waals surface area contributed by atoms with Crippen LogP contribution in [0.4, 0.5) is 10.1 Å². The molecule has 8 nitrogen and oxygen atoms in total. The minimum absolute atomic E-state index is 0.0135. The highest BCUT2D eigenvalue weighted by atomic mass is 35.5. The van der Waals surface area contributed by atoms with Gasteiger partial charge in [-0.3, -0.25) is 4.72 Å². The first kappa shape index (κ1) is 19.6. The van der Waals surface area contributed by atoms with E-state index in [1.54, 1.807) is 19.9 Å². The molecule has 0 amide bonds. The fraction of sp³-hybridized carbons (Fsp3) is 0.267. The number of nitrogens with zero attached hydrogens (tertiary/aromatic N) is 4. The lowest BCUT2D eigenvalue weighted by Gasteiger charge is -2.10. The van der Waals surface area contributed by atoms with Crippen molar-refractivity contribution in [1.82, 2.24) is 19.6 Å². The van der Waals surface area contributed by atoms with Gasteiger partial charge in [-0.2, -0.15) is 17.9 Å². The van der Waals surface area contributed by atoms with Crippen LogP contribution in [0, 0.1) is 6.92 Å². The van der Waals surface area contributed by atoms with E-state index in [0.717, 1.165) is 4.52 Å². The van der Waals surface area contributed by atoms with E-state index in [1.807, 2.05) is 0 Å². The fourth-order valence-electron chi connectivity index (χ4n) is 2.23. The summed E-state index contributed by atoms with van der Waals surface area (Å²) in [5.41, 5.74) is 0.689. The molecule has 3 aromatic rings. The molecule has 0 bridgehead atoms. The van der Waals surface area contributed by atoms with E-state index in [4.69, 9.17) is 27.9 Å². The van der Waals surface area contributed by atoms with Crippen LogP contribution < -0.4 is 9.46 Å². The molecular formula is C15H14Cl2FN5O3S. The molecule has 0 aliphatic rings. The second-order valence-electron chi connectivity index (χ2n) is 5.42. The number of nitrogens with one attached hydrogen (secondary N) is 1. The molecule has 1 N–H and O–H groups in total. The lowest BCUT2D eigenvalue weighted by Crippen LogP contribution is -2.15. The molecule has 0 unspecified atom stereocenters. The maximum absolute atomic E-state index is 13.0. The number of aromatic nitrogens is 4. The van der Waals surface area contributed by atoms with Gasteiger partial charge >= 0.3 is 0 Å². The van der Waals surface area contributed by atoms with Gasteiger partial charge in [0.25, 0.3) is 21.0 Å². The van der Waals surface area contributed by atoms with Gasteiger partial charge in [-0.05, 0) is 25.5 Å². The lowest BCUT2D eigenvalue weighted by molar-refractivity contribution is 0.315. The van der Waals surface area contributed by atoms with Crippen molar-refractivity contribution >= 4 is 44.7 Å². The molecule has 2 heterocycles. The Bertz CT molecular complexity index is 1120. The minimum atomic E-state index is -4.24. The summed E-state index contributed by atoms with van der Waals surface area (Å²) in [6.07, 6.45) is 0. The molecule has 3 rings (SSSR count). The number of halogens is 3. The first-order valence-corrected chi connectivity index (χ1v) is 9.93. The highest BCUT2D eigenvalue weighted by Gasteiger charge is 2.25. The molecule has 0 radical (unpaired) electrons. The maximum Gasteiger partial charge on any atom is 0.299 e. The molecule has 1 aromatic carbocycles. The third kappa shape index (κ3) is 3.78. The second kappa shape index (κ2) is 7.45. The average Bonchev–Trinajstić information content (AvgIpc) is 3.07. The fourth-order valence-corrected chi connectivity index (χ4v) is 3.77. The smallest absolute Gasteiger partial charge is 0.299 e. The third-order valence-corrected chi connectivity index (χ3v) is 5.43. The Morgan fingerprint density at radius 1 is 1.30 bits per heavy atom. The van der Waals surface area contributed by atoms with Gasteiger partial charge in [-0.15, -0.1) is 5.10 Å². The molecule has 2 aromatic heterocycles. The lowest BCUT2D eigenvalue weighted by atomic mass is 10.2. The van der Waals surface area contributed by atoms with Gasteiger partial charge < -0.3 is 4.74 Å².